The van der Waals surface area contributed by atoms with E-state index in [2.05, 4.69) is 9.97 Å². The summed E-state index contributed by atoms with van der Waals surface area (Å²) in [5, 5.41) is 0.255. The molecule has 1 saturated heterocycles. The number of aryl methyl sites for hydroxylation is 1. The Morgan fingerprint density at radius 3 is 2.36 bits per heavy atom. The molecule has 0 radical (unpaired) electrons. The lowest BCUT2D eigenvalue weighted by molar-refractivity contribution is -0.137. The van der Waals surface area contributed by atoms with Gasteiger partial charge in [-0.1, -0.05) is 32.5 Å². The van der Waals surface area contributed by atoms with Crippen molar-refractivity contribution >= 4 is 28.8 Å². The van der Waals surface area contributed by atoms with E-state index in [9.17, 15) is 14.4 Å². The van der Waals surface area contributed by atoms with E-state index >= 15 is 0 Å². The van der Waals surface area contributed by atoms with E-state index in [0.717, 1.165) is 4.57 Å². The first kappa shape index (κ1) is 17.7. The fraction of sp³-hybridized carbons (Fsp3) is 0.562. The van der Waals surface area contributed by atoms with E-state index in [1.54, 1.807) is 7.05 Å². The van der Waals surface area contributed by atoms with Crippen molar-refractivity contribution < 1.29 is 9.53 Å². The van der Waals surface area contributed by atoms with Crippen LogP contribution >= 0.6 is 11.8 Å². The molecule has 0 spiro atoms. The SMILES string of the molecule is Cn1c(=O)c2c(S[C@H]3CCOC3=O)nc(C(C)(C)C)nc2n(C)c1=O. The van der Waals surface area contributed by atoms with E-state index in [-0.39, 0.29) is 22.4 Å². The van der Waals surface area contributed by atoms with Crippen molar-refractivity contribution in [2.45, 2.75) is 42.9 Å². The van der Waals surface area contributed by atoms with Crippen LogP contribution in [0.5, 0.6) is 0 Å². The Hall–Kier alpha value is -2.16. The van der Waals surface area contributed by atoms with Gasteiger partial charge < -0.3 is 4.74 Å². The van der Waals surface area contributed by atoms with Gasteiger partial charge >= 0.3 is 11.7 Å². The number of aromatic nitrogens is 4. The topological polar surface area (TPSA) is 96.1 Å². The van der Waals surface area contributed by atoms with Crippen LogP contribution in [0.1, 0.15) is 33.0 Å². The highest BCUT2D eigenvalue weighted by Gasteiger charge is 2.31. The number of thioether (sulfide) groups is 1. The number of rotatable bonds is 2. The van der Waals surface area contributed by atoms with Gasteiger partial charge in [0.25, 0.3) is 5.56 Å². The van der Waals surface area contributed by atoms with Crippen LogP contribution in [0.25, 0.3) is 11.0 Å². The van der Waals surface area contributed by atoms with Gasteiger partial charge in [-0.2, -0.15) is 0 Å². The summed E-state index contributed by atoms with van der Waals surface area (Å²) in [4.78, 5) is 45.8. The van der Waals surface area contributed by atoms with Gasteiger partial charge in [0, 0.05) is 25.9 Å². The van der Waals surface area contributed by atoms with E-state index in [1.165, 1.54) is 23.4 Å². The fourth-order valence-electron chi connectivity index (χ4n) is 2.57. The van der Waals surface area contributed by atoms with Crippen LogP contribution in [0.3, 0.4) is 0 Å². The van der Waals surface area contributed by atoms with Gasteiger partial charge in [-0.25, -0.2) is 14.8 Å². The lowest BCUT2D eigenvalue weighted by atomic mass is 9.96. The molecule has 3 rings (SSSR count). The van der Waals surface area contributed by atoms with Crippen molar-refractivity contribution in [3.05, 3.63) is 26.7 Å². The number of nitrogens with zero attached hydrogens (tertiary/aromatic N) is 4. The Bertz CT molecular complexity index is 987. The minimum Gasteiger partial charge on any atom is -0.465 e. The first-order chi connectivity index (χ1) is 11.6. The molecule has 0 amide bonds. The number of esters is 1. The van der Waals surface area contributed by atoms with Gasteiger partial charge in [-0.15, -0.1) is 0 Å². The largest absolute Gasteiger partial charge is 0.465 e. The summed E-state index contributed by atoms with van der Waals surface area (Å²) in [6, 6.07) is 0. The molecular formula is C16H20N4O4S. The molecular weight excluding hydrogens is 344 g/mol. The third-order valence-electron chi connectivity index (χ3n) is 4.08. The van der Waals surface area contributed by atoms with Crippen LogP contribution in [0.4, 0.5) is 0 Å². The molecule has 0 bridgehead atoms. The number of hydrogen-bond acceptors (Lipinski definition) is 7. The summed E-state index contributed by atoms with van der Waals surface area (Å²) in [5.41, 5.74) is -1.02. The van der Waals surface area contributed by atoms with Crippen molar-refractivity contribution in [1.29, 1.82) is 0 Å². The van der Waals surface area contributed by atoms with Crippen molar-refractivity contribution in [2.24, 2.45) is 14.1 Å². The molecule has 2 aromatic heterocycles. The molecule has 1 atom stereocenters. The quantitative estimate of drug-likeness (QED) is 0.572. The summed E-state index contributed by atoms with van der Waals surface area (Å²) in [5.74, 6) is 0.202. The van der Waals surface area contributed by atoms with Crippen LogP contribution in [-0.4, -0.2) is 36.9 Å². The highest BCUT2D eigenvalue weighted by molar-refractivity contribution is 8.00. The average Bonchev–Trinajstić information content (AvgIpc) is 2.94. The van der Waals surface area contributed by atoms with Crippen molar-refractivity contribution in [2.75, 3.05) is 6.61 Å². The first-order valence-electron chi connectivity index (χ1n) is 7.93. The van der Waals surface area contributed by atoms with E-state index in [4.69, 9.17) is 4.74 Å². The molecule has 2 aromatic rings. The molecule has 25 heavy (non-hydrogen) atoms. The third-order valence-corrected chi connectivity index (χ3v) is 5.31. The minimum atomic E-state index is -0.465. The standard InChI is InChI=1S/C16H20N4O4S/c1-16(2,3)14-17-10-9(12(21)20(5)15(23)19(10)4)11(18-14)25-8-6-7-24-13(8)22/h8H,6-7H2,1-5H3/t8-/m0/s1. The fourth-order valence-corrected chi connectivity index (χ4v) is 3.65. The Morgan fingerprint density at radius 1 is 1.12 bits per heavy atom. The zero-order chi connectivity index (χ0) is 18.5. The zero-order valence-corrected chi connectivity index (χ0v) is 15.6. The zero-order valence-electron chi connectivity index (χ0n) is 14.8. The average molecular weight is 364 g/mol. The summed E-state index contributed by atoms with van der Waals surface area (Å²) >= 11 is 1.20. The van der Waals surface area contributed by atoms with Crippen molar-refractivity contribution in [3.63, 3.8) is 0 Å². The molecule has 134 valence electrons. The highest BCUT2D eigenvalue weighted by atomic mass is 32.2. The van der Waals surface area contributed by atoms with Crippen LogP contribution in [-0.2, 0) is 29.0 Å². The number of cyclic esters (lactones) is 1. The monoisotopic (exact) mass is 364 g/mol. The second-order valence-electron chi connectivity index (χ2n) is 7.07. The number of carbonyl (C=O) groups excluding carboxylic acids is 1. The molecule has 0 saturated carbocycles. The Labute approximate surface area is 148 Å². The maximum absolute atomic E-state index is 12.7. The number of ether oxygens (including phenoxy) is 1. The normalized spacial score (nSPS) is 18.0. The predicted octanol–water partition coefficient (Wildman–Crippen LogP) is 0.732. The molecule has 1 aliphatic heterocycles. The summed E-state index contributed by atoms with van der Waals surface area (Å²) < 4.78 is 7.37. The van der Waals surface area contributed by atoms with Crippen molar-refractivity contribution in [3.8, 4) is 0 Å². The smallest absolute Gasteiger partial charge is 0.332 e. The molecule has 0 aromatic carbocycles. The lowest BCUT2D eigenvalue weighted by Gasteiger charge is -2.19. The van der Waals surface area contributed by atoms with Crippen LogP contribution in [0.2, 0.25) is 0 Å². The van der Waals surface area contributed by atoms with Crippen LogP contribution in [0.15, 0.2) is 14.6 Å². The Morgan fingerprint density at radius 2 is 1.80 bits per heavy atom. The van der Waals surface area contributed by atoms with Gasteiger partial charge in [0.05, 0.1) is 6.61 Å². The maximum atomic E-state index is 12.7. The molecule has 8 nitrogen and oxygen atoms in total. The highest BCUT2D eigenvalue weighted by Crippen LogP contribution is 2.32. The van der Waals surface area contributed by atoms with Crippen LogP contribution < -0.4 is 11.2 Å². The Balaban J connectivity index is 2.34. The number of hydrogen-bond donors (Lipinski definition) is 0. The minimum absolute atomic E-state index is 0.252. The maximum Gasteiger partial charge on any atom is 0.332 e. The number of carbonyl (C=O) groups is 1. The van der Waals surface area contributed by atoms with Gasteiger partial charge in [-0.3, -0.25) is 18.7 Å². The molecule has 9 heteroatoms. The molecule has 0 unspecified atom stereocenters. The summed E-state index contributed by atoms with van der Waals surface area (Å²) in [7, 11) is 2.99. The molecule has 3 heterocycles. The van der Waals surface area contributed by atoms with E-state index in [0.29, 0.717) is 23.9 Å². The molecule has 0 aliphatic carbocycles. The first-order valence-corrected chi connectivity index (χ1v) is 8.80. The molecule has 1 fully saturated rings. The van der Waals surface area contributed by atoms with Crippen molar-refractivity contribution in [1.82, 2.24) is 19.1 Å². The predicted molar refractivity (Wildman–Crippen MR) is 93.9 cm³/mol. The van der Waals surface area contributed by atoms with Gasteiger partial charge in [-0.05, 0) is 0 Å². The second kappa shape index (κ2) is 5.98. The third kappa shape index (κ3) is 2.97. The molecule has 1 aliphatic rings. The Kier molecular flexibility index (Phi) is 4.22. The number of fused-ring (bicyclic) bond motifs is 1. The van der Waals surface area contributed by atoms with Gasteiger partial charge in [0.2, 0.25) is 0 Å². The summed E-state index contributed by atoms with van der Waals surface area (Å²) in [6.07, 6.45) is 0.561. The molecule has 0 N–H and O–H groups in total. The van der Waals surface area contributed by atoms with Gasteiger partial charge in [0.15, 0.2) is 5.65 Å². The van der Waals surface area contributed by atoms with E-state index in [1.807, 2.05) is 20.8 Å². The van der Waals surface area contributed by atoms with E-state index < -0.39 is 16.5 Å². The summed E-state index contributed by atoms with van der Waals surface area (Å²) in [6.45, 7) is 6.21. The van der Waals surface area contributed by atoms with Gasteiger partial charge in [0.1, 0.15) is 21.5 Å². The lowest BCUT2D eigenvalue weighted by Crippen LogP contribution is -2.38. The van der Waals surface area contributed by atoms with Crippen LogP contribution in [0, 0.1) is 0 Å². The second-order valence-corrected chi connectivity index (χ2v) is 8.26.